The van der Waals surface area contributed by atoms with Crippen LogP contribution in [0.5, 0.6) is 5.75 Å². The molecule has 1 aromatic heterocycles. The van der Waals surface area contributed by atoms with Crippen molar-refractivity contribution >= 4 is 21.4 Å². The maximum atomic E-state index is 5.44. The molecule has 0 unspecified atom stereocenters. The SMILES string of the molecule is COc1ccccc1Cc1cccc2c(C)csc12. The van der Waals surface area contributed by atoms with Gasteiger partial charge in [-0.1, -0.05) is 36.4 Å². The largest absolute Gasteiger partial charge is 0.496 e. The minimum absolute atomic E-state index is 0.918. The molecular formula is C17H16OS. The molecule has 3 aromatic rings. The van der Waals surface area contributed by atoms with Crippen molar-refractivity contribution in [2.75, 3.05) is 7.11 Å². The first-order valence-corrected chi connectivity index (χ1v) is 7.25. The highest BCUT2D eigenvalue weighted by atomic mass is 32.1. The fourth-order valence-electron chi connectivity index (χ4n) is 2.44. The molecule has 19 heavy (non-hydrogen) atoms. The van der Waals surface area contributed by atoms with Crippen LogP contribution in [0.1, 0.15) is 16.7 Å². The highest BCUT2D eigenvalue weighted by molar-refractivity contribution is 7.17. The number of aryl methyl sites for hydroxylation is 1. The third-order valence-electron chi connectivity index (χ3n) is 3.45. The van der Waals surface area contributed by atoms with Crippen LogP contribution >= 0.6 is 11.3 Å². The molecule has 0 amide bonds. The quantitative estimate of drug-likeness (QED) is 0.662. The van der Waals surface area contributed by atoms with E-state index in [0.717, 1.165) is 12.2 Å². The minimum atomic E-state index is 0.918. The Hall–Kier alpha value is -1.80. The number of hydrogen-bond acceptors (Lipinski definition) is 2. The summed E-state index contributed by atoms with van der Waals surface area (Å²) in [4.78, 5) is 0. The molecule has 0 saturated heterocycles. The van der Waals surface area contributed by atoms with E-state index in [1.807, 2.05) is 23.5 Å². The number of ether oxygens (including phenoxy) is 1. The Morgan fingerprint density at radius 2 is 1.79 bits per heavy atom. The Kier molecular flexibility index (Phi) is 3.26. The van der Waals surface area contributed by atoms with Gasteiger partial charge in [0.1, 0.15) is 5.75 Å². The smallest absolute Gasteiger partial charge is 0.122 e. The first-order chi connectivity index (χ1) is 9.29. The topological polar surface area (TPSA) is 9.23 Å². The lowest BCUT2D eigenvalue weighted by molar-refractivity contribution is 0.410. The van der Waals surface area contributed by atoms with Gasteiger partial charge in [0.2, 0.25) is 0 Å². The summed E-state index contributed by atoms with van der Waals surface area (Å²) < 4.78 is 6.83. The summed E-state index contributed by atoms with van der Waals surface area (Å²) in [5.41, 5.74) is 3.98. The minimum Gasteiger partial charge on any atom is -0.496 e. The van der Waals surface area contributed by atoms with Crippen molar-refractivity contribution < 1.29 is 4.74 Å². The van der Waals surface area contributed by atoms with Crippen LogP contribution in [0.2, 0.25) is 0 Å². The van der Waals surface area contributed by atoms with Gasteiger partial charge >= 0.3 is 0 Å². The maximum absolute atomic E-state index is 5.44. The van der Waals surface area contributed by atoms with Gasteiger partial charge < -0.3 is 4.74 Å². The molecular weight excluding hydrogens is 252 g/mol. The van der Waals surface area contributed by atoms with E-state index in [4.69, 9.17) is 4.74 Å². The molecule has 2 heteroatoms. The van der Waals surface area contributed by atoms with Crippen LogP contribution in [-0.2, 0) is 6.42 Å². The van der Waals surface area contributed by atoms with E-state index in [-0.39, 0.29) is 0 Å². The Morgan fingerprint density at radius 3 is 2.63 bits per heavy atom. The molecule has 0 fully saturated rings. The van der Waals surface area contributed by atoms with Crippen molar-refractivity contribution in [2.24, 2.45) is 0 Å². The van der Waals surface area contributed by atoms with E-state index in [9.17, 15) is 0 Å². The van der Waals surface area contributed by atoms with E-state index in [2.05, 4.69) is 42.6 Å². The summed E-state index contributed by atoms with van der Waals surface area (Å²) in [6.45, 7) is 2.17. The summed E-state index contributed by atoms with van der Waals surface area (Å²) in [7, 11) is 1.73. The van der Waals surface area contributed by atoms with Gasteiger partial charge in [-0.15, -0.1) is 11.3 Å². The Labute approximate surface area is 117 Å². The Bertz CT molecular complexity index is 712. The number of methoxy groups -OCH3 is 1. The number of thiophene rings is 1. The predicted octanol–water partition coefficient (Wildman–Crippen LogP) is 4.81. The number of hydrogen-bond donors (Lipinski definition) is 0. The third kappa shape index (κ3) is 2.24. The number of rotatable bonds is 3. The summed E-state index contributed by atoms with van der Waals surface area (Å²) in [6, 6.07) is 14.8. The van der Waals surface area contributed by atoms with Gasteiger partial charge in [-0.3, -0.25) is 0 Å². The first kappa shape index (κ1) is 12.2. The lowest BCUT2D eigenvalue weighted by Gasteiger charge is -2.09. The highest BCUT2D eigenvalue weighted by Crippen LogP contribution is 2.31. The van der Waals surface area contributed by atoms with Gasteiger partial charge in [0, 0.05) is 11.1 Å². The van der Waals surface area contributed by atoms with Crippen molar-refractivity contribution in [3.05, 3.63) is 64.5 Å². The predicted molar refractivity (Wildman–Crippen MR) is 82.4 cm³/mol. The van der Waals surface area contributed by atoms with Crippen molar-refractivity contribution in [3.8, 4) is 5.75 Å². The van der Waals surface area contributed by atoms with E-state index >= 15 is 0 Å². The normalized spacial score (nSPS) is 10.8. The van der Waals surface area contributed by atoms with Gasteiger partial charge in [0.25, 0.3) is 0 Å². The lowest BCUT2D eigenvalue weighted by Crippen LogP contribution is -1.93. The van der Waals surface area contributed by atoms with E-state index < -0.39 is 0 Å². The van der Waals surface area contributed by atoms with Crippen LogP contribution < -0.4 is 4.74 Å². The first-order valence-electron chi connectivity index (χ1n) is 6.37. The molecule has 1 heterocycles. The van der Waals surface area contributed by atoms with Crippen molar-refractivity contribution in [2.45, 2.75) is 13.3 Å². The summed E-state index contributed by atoms with van der Waals surface area (Å²) in [5.74, 6) is 0.966. The van der Waals surface area contributed by atoms with Gasteiger partial charge in [0.15, 0.2) is 0 Å². The summed E-state index contributed by atoms with van der Waals surface area (Å²) >= 11 is 1.83. The van der Waals surface area contributed by atoms with Crippen LogP contribution in [-0.4, -0.2) is 7.11 Å². The second kappa shape index (κ2) is 5.06. The molecule has 0 bridgehead atoms. The number of benzene rings is 2. The summed E-state index contributed by atoms with van der Waals surface area (Å²) in [5, 5.41) is 3.61. The third-order valence-corrected chi connectivity index (χ3v) is 4.64. The maximum Gasteiger partial charge on any atom is 0.122 e. The molecule has 0 aliphatic heterocycles. The molecule has 96 valence electrons. The monoisotopic (exact) mass is 268 g/mol. The molecule has 3 rings (SSSR count). The second-order valence-corrected chi connectivity index (χ2v) is 5.58. The molecule has 0 N–H and O–H groups in total. The van der Waals surface area contributed by atoms with E-state index in [0.29, 0.717) is 0 Å². The molecule has 1 nitrogen and oxygen atoms in total. The van der Waals surface area contributed by atoms with Gasteiger partial charge in [0.05, 0.1) is 7.11 Å². The average Bonchev–Trinajstić information content (AvgIpc) is 2.82. The standard InChI is InChI=1S/C17H16OS/c1-12-11-19-17-14(7-5-8-15(12)17)10-13-6-3-4-9-16(13)18-2/h3-9,11H,10H2,1-2H3. The molecule has 2 aromatic carbocycles. The fraction of sp³-hybridized carbons (Fsp3) is 0.176. The van der Waals surface area contributed by atoms with Crippen LogP contribution in [0.15, 0.2) is 47.8 Å². The molecule has 0 saturated carbocycles. The molecule has 0 atom stereocenters. The zero-order chi connectivity index (χ0) is 13.2. The van der Waals surface area contributed by atoms with Gasteiger partial charge in [-0.2, -0.15) is 0 Å². The van der Waals surface area contributed by atoms with Crippen molar-refractivity contribution in [1.82, 2.24) is 0 Å². The van der Waals surface area contributed by atoms with Crippen LogP contribution in [0.4, 0.5) is 0 Å². The fourth-order valence-corrected chi connectivity index (χ4v) is 3.51. The van der Waals surface area contributed by atoms with Gasteiger partial charge in [-0.25, -0.2) is 0 Å². The lowest BCUT2D eigenvalue weighted by atomic mass is 10.0. The van der Waals surface area contributed by atoms with E-state index in [1.54, 1.807) is 7.11 Å². The average molecular weight is 268 g/mol. The Balaban J connectivity index is 2.06. The molecule has 0 aliphatic rings. The highest BCUT2D eigenvalue weighted by Gasteiger charge is 2.08. The number of para-hydroxylation sites is 1. The second-order valence-electron chi connectivity index (χ2n) is 4.70. The molecule has 0 radical (unpaired) electrons. The zero-order valence-corrected chi connectivity index (χ0v) is 12.0. The molecule has 0 spiro atoms. The van der Waals surface area contributed by atoms with E-state index in [1.165, 1.54) is 26.8 Å². The van der Waals surface area contributed by atoms with Crippen molar-refractivity contribution in [1.29, 1.82) is 0 Å². The zero-order valence-electron chi connectivity index (χ0n) is 11.1. The summed E-state index contributed by atoms with van der Waals surface area (Å²) in [6.07, 6.45) is 0.918. The van der Waals surface area contributed by atoms with Gasteiger partial charge in [-0.05, 0) is 40.4 Å². The van der Waals surface area contributed by atoms with Crippen LogP contribution in [0.3, 0.4) is 0 Å². The number of fused-ring (bicyclic) bond motifs is 1. The molecule has 0 aliphatic carbocycles. The van der Waals surface area contributed by atoms with Crippen LogP contribution in [0.25, 0.3) is 10.1 Å². The van der Waals surface area contributed by atoms with Crippen LogP contribution in [0, 0.1) is 6.92 Å². The Morgan fingerprint density at radius 1 is 1.00 bits per heavy atom. The van der Waals surface area contributed by atoms with Crippen molar-refractivity contribution in [3.63, 3.8) is 0 Å².